The van der Waals surface area contributed by atoms with E-state index in [0.717, 1.165) is 48.4 Å². The van der Waals surface area contributed by atoms with Gasteiger partial charge in [0.1, 0.15) is 11.4 Å². The first-order valence-corrected chi connectivity index (χ1v) is 18.2. The van der Waals surface area contributed by atoms with Crippen LogP contribution in [0.2, 0.25) is 0 Å². The zero-order valence-corrected chi connectivity index (χ0v) is 31.6. The summed E-state index contributed by atoms with van der Waals surface area (Å²) < 4.78 is 49.8. The molecule has 3 fully saturated rings. The van der Waals surface area contributed by atoms with Crippen molar-refractivity contribution in [1.29, 1.82) is 0 Å². The predicted octanol–water partition coefficient (Wildman–Crippen LogP) is 8.54. The normalized spacial score (nSPS) is 22.3. The van der Waals surface area contributed by atoms with Crippen LogP contribution in [0.4, 0.5) is 14.5 Å². The van der Waals surface area contributed by atoms with Crippen molar-refractivity contribution in [1.82, 2.24) is 4.90 Å². The molecule has 2 aliphatic heterocycles. The summed E-state index contributed by atoms with van der Waals surface area (Å²) in [4.78, 5) is 25.2. The van der Waals surface area contributed by atoms with Gasteiger partial charge in [0.05, 0.1) is 33.0 Å². The minimum Gasteiger partial charge on any atom is -0.496 e. The number of allylic oxidation sites excluding steroid dienone is 1. The molecule has 0 aromatic heterocycles. The number of benzene rings is 2. The number of halogens is 2. The second-order valence-corrected chi connectivity index (χ2v) is 16.1. The molecule has 1 N–H and O–H groups in total. The molecule has 4 aliphatic rings. The molecule has 2 unspecified atom stereocenters. The van der Waals surface area contributed by atoms with Crippen LogP contribution in [-0.2, 0) is 32.0 Å². The lowest BCUT2D eigenvalue weighted by Gasteiger charge is -2.55. The van der Waals surface area contributed by atoms with Gasteiger partial charge in [0.25, 0.3) is 0 Å². The van der Waals surface area contributed by atoms with Crippen LogP contribution in [0.25, 0.3) is 6.08 Å². The summed E-state index contributed by atoms with van der Waals surface area (Å²) in [6, 6.07) is 7.71. The van der Waals surface area contributed by atoms with Crippen molar-refractivity contribution in [3.8, 4) is 5.75 Å². The van der Waals surface area contributed by atoms with Crippen molar-refractivity contribution in [3.63, 3.8) is 0 Å². The van der Waals surface area contributed by atoms with Crippen LogP contribution in [0, 0.1) is 24.2 Å². The number of rotatable bonds is 8. The summed E-state index contributed by atoms with van der Waals surface area (Å²) in [5.74, 6) is -1.45. The van der Waals surface area contributed by atoms with E-state index >= 15 is 0 Å². The number of anilines is 1. The lowest BCUT2D eigenvalue weighted by molar-refractivity contribution is -0.186. The predicted molar refractivity (Wildman–Crippen MR) is 195 cm³/mol. The molecule has 2 aromatic rings. The zero-order chi connectivity index (χ0) is 37.1. The number of hydrogen-bond acceptors (Lipinski definition) is 8. The Balaban J connectivity index is 0.000000565. The van der Waals surface area contributed by atoms with Crippen LogP contribution in [0.5, 0.6) is 5.75 Å². The highest BCUT2D eigenvalue weighted by atomic mass is 19.3. The Labute approximate surface area is 302 Å². The van der Waals surface area contributed by atoms with Gasteiger partial charge >= 0.3 is 11.9 Å². The largest absolute Gasteiger partial charge is 0.496 e. The maximum atomic E-state index is 14.3. The maximum absolute atomic E-state index is 14.3. The molecule has 0 radical (unpaired) electrons. The van der Waals surface area contributed by atoms with Crippen molar-refractivity contribution in [2.24, 2.45) is 17.3 Å². The first-order chi connectivity index (χ1) is 24.0. The fourth-order valence-corrected chi connectivity index (χ4v) is 8.08. The van der Waals surface area contributed by atoms with Gasteiger partial charge in [-0.1, -0.05) is 25.1 Å². The van der Waals surface area contributed by atoms with Gasteiger partial charge in [-0.25, -0.2) is 13.6 Å². The number of aryl methyl sites for hydroxylation is 1. The maximum Gasteiger partial charge on any atom is 0.337 e. The molecule has 8 nitrogen and oxygen atoms in total. The monoisotopic (exact) mass is 710 g/mol. The van der Waals surface area contributed by atoms with E-state index in [2.05, 4.69) is 42.3 Å². The van der Waals surface area contributed by atoms with E-state index in [9.17, 15) is 18.4 Å². The lowest BCUT2D eigenvalue weighted by Crippen LogP contribution is -2.53. The van der Waals surface area contributed by atoms with Crippen LogP contribution in [0.1, 0.15) is 111 Å². The molecule has 2 saturated heterocycles. The summed E-state index contributed by atoms with van der Waals surface area (Å²) in [5.41, 5.74) is 6.65. The number of ether oxygens (including phenoxy) is 4. The summed E-state index contributed by atoms with van der Waals surface area (Å²) in [7, 11) is 3.11. The Bertz CT molecular complexity index is 1600. The summed E-state index contributed by atoms with van der Waals surface area (Å²) >= 11 is 0. The Morgan fingerprint density at radius 3 is 2.41 bits per heavy atom. The highest BCUT2D eigenvalue weighted by molar-refractivity contribution is 5.90. The Morgan fingerprint density at radius 2 is 1.84 bits per heavy atom. The van der Waals surface area contributed by atoms with Gasteiger partial charge in [0, 0.05) is 56.1 Å². The van der Waals surface area contributed by atoms with Crippen molar-refractivity contribution in [3.05, 3.63) is 63.7 Å². The van der Waals surface area contributed by atoms with Crippen LogP contribution in [-0.4, -0.2) is 68.9 Å². The lowest BCUT2D eigenvalue weighted by atomic mass is 9.58. The minimum absolute atomic E-state index is 0.0589. The zero-order valence-electron chi connectivity index (χ0n) is 31.6. The number of esters is 2. The Morgan fingerprint density at radius 1 is 1.12 bits per heavy atom. The molecule has 0 amide bonds. The topological polar surface area (TPSA) is 86.3 Å². The third kappa shape index (κ3) is 9.49. The van der Waals surface area contributed by atoms with Crippen molar-refractivity contribution in [2.75, 3.05) is 45.8 Å². The quantitative estimate of drug-likeness (QED) is 0.273. The molecule has 2 aliphatic carbocycles. The molecule has 0 bridgehead atoms. The van der Waals surface area contributed by atoms with E-state index in [1.807, 2.05) is 32.9 Å². The molecule has 10 heteroatoms. The van der Waals surface area contributed by atoms with Crippen LogP contribution < -0.4 is 10.1 Å². The number of piperidine rings is 1. The number of nitrogens with zero attached hydrogens (tertiary/aromatic N) is 1. The number of hydrogen-bond donors (Lipinski definition) is 1. The van der Waals surface area contributed by atoms with Gasteiger partial charge in [0.15, 0.2) is 0 Å². The van der Waals surface area contributed by atoms with Crippen molar-refractivity contribution in [2.45, 2.75) is 104 Å². The molecule has 1 saturated carbocycles. The average Bonchev–Trinajstić information content (AvgIpc) is 3.22. The number of methoxy groups -OCH3 is 2. The van der Waals surface area contributed by atoms with Crippen molar-refractivity contribution >= 4 is 23.7 Å². The fourth-order valence-electron chi connectivity index (χ4n) is 8.08. The third-order valence-corrected chi connectivity index (χ3v) is 10.6. The SMILES string of the molecule is CC(=O)OC(C)(C)C.COC(=O)c1ccc(C2CC3(CCN2Cc2c(OC)cc(C)c4c2C=CC(C)CC4)CC(F)(F)C3)c(NCC2COC2)c1. The van der Waals surface area contributed by atoms with E-state index in [4.69, 9.17) is 18.9 Å². The molecular weight excluding hydrogens is 654 g/mol. The summed E-state index contributed by atoms with van der Waals surface area (Å²) in [6.07, 6.45) is 7.95. The standard InChI is InChI=1S/C35H44F2N2O4.C6H12O2/c1-22-5-8-26-23(2)13-32(41-3)29(27(26)9-6-22)17-39-12-11-34(20-35(36,37)21-34)15-31(39)28-10-7-25(33(40)42-4)14-30(28)38-16-24-18-43-19-24;1-5(7)8-6(2,3)4/h6-7,9-10,13-14,22,24,31,38H,5,8,11-12,15-21H2,1-4H3;1-4H3. The number of likely N-dealkylation sites (tertiary alicyclic amines) is 1. The molecule has 2 heterocycles. The van der Waals surface area contributed by atoms with Gasteiger partial charge < -0.3 is 24.3 Å². The number of carbonyl (C=O) groups is 2. The van der Waals surface area contributed by atoms with Crippen LogP contribution in [0.3, 0.4) is 0 Å². The molecule has 6 rings (SSSR count). The number of nitrogens with one attached hydrogen (secondary N) is 1. The first kappa shape index (κ1) is 38.7. The van der Waals surface area contributed by atoms with Crippen LogP contribution >= 0.6 is 0 Å². The smallest absolute Gasteiger partial charge is 0.337 e. The Hall–Kier alpha value is -3.50. The highest BCUT2D eigenvalue weighted by Gasteiger charge is 2.58. The molecule has 2 atom stereocenters. The Kier molecular flexibility index (Phi) is 11.9. The van der Waals surface area contributed by atoms with Gasteiger partial charge in [-0.3, -0.25) is 9.69 Å². The van der Waals surface area contributed by atoms with Gasteiger partial charge in [-0.2, -0.15) is 0 Å². The van der Waals surface area contributed by atoms with Crippen LogP contribution in [0.15, 0.2) is 30.3 Å². The van der Waals surface area contributed by atoms with E-state index in [-0.39, 0.29) is 35.9 Å². The molecule has 1 spiro atoms. The van der Waals surface area contributed by atoms with Gasteiger partial charge in [-0.15, -0.1) is 0 Å². The van der Waals surface area contributed by atoms with E-state index in [1.165, 1.54) is 30.7 Å². The second kappa shape index (κ2) is 15.6. The number of carbonyl (C=O) groups excluding carboxylic acids is 2. The van der Waals surface area contributed by atoms with Crippen molar-refractivity contribution < 1.29 is 37.3 Å². The summed E-state index contributed by atoms with van der Waals surface area (Å²) in [5, 5.41) is 3.59. The van der Waals surface area contributed by atoms with Gasteiger partial charge in [-0.05, 0) is 112 Å². The number of fused-ring (bicyclic) bond motifs is 1. The third-order valence-electron chi connectivity index (χ3n) is 10.6. The molecule has 2 aromatic carbocycles. The first-order valence-electron chi connectivity index (χ1n) is 18.2. The average molecular weight is 711 g/mol. The summed E-state index contributed by atoms with van der Waals surface area (Å²) in [6.45, 7) is 14.8. The van der Waals surface area contributed by atoms with E-state index in [1.54, 1.807) is 13.2 Å². The van der Waals surface area contributed by atoms with Gasteiger partial charge in [0.2, 0.25) is 5.92 Å². The molecule has 280 valence electrons. The highest BCUT2D eigenvalue weighted by Crippen LogP contribution is 2.61. The second-order valence-electron chi connectivity index (χ2n) is 16.1. The van der Waals surface area contributed by atoms with E-state index in [0.29, 0.717) is 50.1 Å². The van der Waals surface area contributed by atoms with E-state index < -0.39 is 11.9 Å². The molecular formula is C41H56F2N2O6. The molecule has 51 heavy (non-hydrogen) atoms. The minimum atomic E-state index is -2.59. The fraction of sp³-hybridized carbons (Fsp3) is 0.610. The number of alkyl halides is 2.